The molecule has 4 nitrogen and oxygen atoms in total. The zero-order valence-electron chi connectivity index (χ0n) is 12.9. The minimum Gasteiger partial charge on any atom is -0.375 e. The first kappa shape index (κ1) is 17.0. The van der Waals surface area contributed by atoms with Gasteiger partial charge in [-0.25, -0.2) is 0 Å². The summed E-state index contributed by atoms with van der Waals surface area (Å²) in [7, 11) is 0. The molecular formula is C18H15Cl2NO3. The molecule has 1 amide bonds. The summed E-state index contributed by atoms with van der Waals surface area (Å²) in [4.78, 5) is 25.9. The largest absolute Gasteiger partial charge is 0.375 e. The highest BCUT2D eigenvalue weighted by Gasteiger charge is 2.50. The van der Waals surface area contributed by atoms with E-state index in [4.69, 9.17) is 23.2 Å². The van der Waals surface area contributed by atoms with E-state index in [1.54, 1.807) is 24.3 Å². The fraction of sp³-hybridized carbons (Fsp3) is 0.222. The number of hydrogen-bond donors (Lipinski definition) is 1. The van der Waals surface area contributed by atoms with Crippen molar-refractivity contribution in [3.63, 3.8) is 0 Å². The number of Topliss-reactive ketones (excluding diaryl/α,β-unsaturated/α-hetero) is 1. The summed E-state index contributed by atoms with van der Waals surface area (Å²) in [5.41, 5.74) is -0.260. The molecule has 0 aliphatic carbocycles. The van der Waals surface area contributed by atoms with Gasteiger partial charge in [0.1, 0.15) is 5.78 Å². The van der Waals surface area contributed by atoms with Crippen LogP contribution in [0, 0.1) is 0 Å². The van der Waals surface area contributed by atoms with E-state index in [-0.39, 0.29) is 18.7 Å². The summed E-state index contributed by atoms with van der Waals surface area (Å²) >= 11 is 12.2. The number of carbonyl (C=O) groups is 2. The molecule has 0 radical (unpaired) electrons. The number of anilines is 1. The lowest BCUT2D eigenvalue weighted by atomic mass is 9.90. The van der Waals surface area contributed by atoms with E-state index >= 15 is 0 Å². The summed E-state index contributed by atoms with van der Waals surface area (Å²) in [5, 5.41) is 11.8. The average molecular weight is 364 g/mol. The Bertz CT molecular complexity index is 837. The van der Waals surface area contributed by atoms with Crippen LogP contribution in [0.1, 0.15) is 24.5 Å². The van der Waals surface area contributed by atoms with Crippen molar-refractivity contribution in [2.24, 2.45) is 0 Å². The molecule has 1 heterocycles. The number of carbonyl (C=O) groups excluding carboxylic acids is 2. The molecule has 0 saturated heterocycles. The van der Waals surface area contributed by atoms with Crippen LogP contribution in [0.15, 0.2) is 42.5 Å². The van der Waals surface area contributed by atoms with E-state index in [0.717, 1.165) is 5.56 Å². The van der Waals surface area contributed by atoms with Crippen LogP contribution in [-0.4, -0.2) is 16.8 Å². The SMILES string of the molecule is CC(=O)C[C@@]1(O)C(=O)N(Cc2ccccc2Cl)c2ccc(Cl)cc21. The molecule has 0 spiro atoms. The third-order valence-corrected chi connectivity index (χ3v) is 4.69. The number of ketones is 1. The van der Waals surface area contributed by atoms with Crippen LogP contribution in [0.25, 0.3) is 0 Å². The van der Waals surface area contributed by atoms with Crippen LogP contribution in [0.3, 0.4) is 0 Å². The normalized spacial score (nSPS) is 19.5. The van der Waals surface area contributed by atoms with Crippen LogP contribution < -0.4 is 4.90 Å². The van der Waals surface area contributed by atoms with Crippen LogP contribution in [-0.2, 0) is 21.7 Å². The predicted octanol–water partition coefficient (Wildman–Crippen LogP) is 3.71. The van der Waals surface area contributed by atoms with Crippen LogP contribution in [0.5, 0.6) is 0 Å². The molecule has 1 aliphatic heterocycles. The van der Waals surface area contributed by atoms with Gasteiger partial charge in [-0.05, 0) is 36.8 Å². The molecule has 1 N–H and O–H groups in total. The summed E-state index contributed by atoms with van der Waals surface area (Å²) in [6.07, 6.45) is -0.293. The van der Waals surface area contributed by atoms with Gasteiger partial charge in [0.15, 0.2) is 5.60 Å². The van der Waals surface area contributed by atoms with Crippen molar-refractivity contribution in [1.82, 2.24) is 0 Å². The third kappa shape index (κ3) is 2.81. The molecule has 0 fully saturated rings. The smallest absolute Gasteiger partial charge is 0.264 e. The molecule has 0 aromatic heterocycles. The second-order valence-corrected chi connectivity index (χ2v) is 6.73. The topological polar surface area (TPSA) is 57.6 Å². The first-order chi connectivity index (χ1) is 11.3. The Morgan fingerprint density at radius 3 is 2.58 bits per heavy atom. The van der Waals surface area contributed by atoms with E-state index in [1.807, 2.05) is 12.1 Å². The molecule has 2 aromatic carbocycles. The number of rotatable bonds is 4. The highest BCUT2D eigenvalue weighted by molar-refractivity contribution is 6.31. The first-order valence-corrected chi connectivity index (χ1v) is 8.16. The van der Waals surface area contributed by atoms with Gasteiger partial charge in [0, 0.05) is 22.0 Å². The van der Waals surface area contributed by atoms with Crippen molar-refractivity contribution in [3.8, 4) is 0 Å². The van der Waals surface area contributed by atoms with Crippen LogP contribution >= 0.6 is 23.2 Å². The van der Waals surface area contributed by atoms with Crippen molar-refractivity contribution in [2.45, 2.75) is 25.5 Å². The molecule has 124 valence electrons. The molecule has 2 aromatic rings. The maximum atomic E-state index is 12.9. The lowest BCUT2D eigenvalue weighted by Crippen LogP contribution is -2.41. The van der Waals surface area contributed by atoms with Gasteiger partial charge in [0.25, 0.3) is 5.91 Å². The predicted molar refractivity (Wildman–Crippen MR) is 93.3 cm³/mol. The Kier molecular flexibility index (Phi) is 4.38. The molecule has 24 heavy (non-hydrogen) atoms. The Hall–Kier alpha value is -1.88. The summed E-state index contributed by atoms with van der Waals surface area (Å²) < 4.78 is 0. The fourth-order valence-corrected chi connectivity index (χ4v) is 3.38. The van der Waals surface area contributed by atoms with Crippen molar-refractivity contribution in [1.29, 1.82) is 0 Å². The zero-order valence-corrected chi connectivity index (χ0v) is 14.4. The molecule has 1 atom stereocenters. The number of hydrogen-bond acceptors (Lipinski definition) is 3. The monoisotopic (exact) mass is 363 g/mol. The molecule has 0 unspecified atom stereocenters. The van der Waals surface area contributed by atoms with Gasteiger partial charge in [-0.1, -0.05) is 41.4 Å². The van der Waals surface area contributed by atoms with Crippen LogP contribution in [0.4, 0.5) is 5.69 Å². The van der Waals surface area contributed by atoms with E-state index in [0.29, 0.717) is 21.3 Å². The van der Waals surface area contributed by atoms with Gasteiger partial charge in [-0.2, -0.15) is 0 Å². The minimum atomic E-state index is -1.90. The minimum absolute atomic E-state index is 0.202. The maximum absolute atomic E-state index is 12.9. The van der Waals surface area contributed by atoms with E-state index in [9.17, 15) is 14.7 Å². The molecule has 0 bridgehead atoms. The standard InChI is InChI=1S/C18H15Cl2NO3/c1-11(22)9-18(24)14-8-13(19)6-7-16(14)21(17(18)23)10-12-4-2-3-5-15(12)20/h2-8,24H,9-10H2,1H3/t18-/m0/s1. The molecule has 3 rings (SSSR count). The Balaban J connectivity index is 2.08. The molecule has 0 saturated carbocycles. The van der Waals surface area contributed by atoms with Crippen molar-refractivity contribution in [3.05, 3.63) is 63.6 Å². The number of fused-ring (bicyclic) bond motifs is 1. The maximum Gasteiger partial charge on any atom is 0.264 e. The van der Waals surface area contributed by atoms with Crippen molar-refractivity contribution >= 4 is 40.6 Å². The number of amides is 1. The Morgan fingerprint density at radius 1 is 1.21 bits per heavy atom. The van der Waals surface area contributed by atoms with Gasteiger partial charge in [-0.3, -0.25) is 9.59 Å². The number of aliphatic hydroxyl groups is 1. The van der Waals surface area contributed by atoms with Crippen molar-refractivity contribution < 1.29 is 14.7 Å². The first-order valence-electron chi connectivity index (χ1n) is 7.40. The van der Waals surface area contributed by atoms with Crippen molar-refractivity contribution in [2.75, 3.05) is 4.90 Å². The zero-order chi connectivity index (χ0) is 17.5. The average Bonchev–Trinajstić information content (AvgIpc) is 2.71. The van der Waals surface area contributed by atoms with E-state index < -0.39 is 11.5 Å². The molecule has 6 heteroatoms. The molecular weight excluding hydrogens is 349 g/mol. The van der Waals surface area contributed by atoms with Gasteiger partial charge in [0.05, 0.1) is 12.2 Å². The number of benzene rings is 2. The van der Waals surface area contributed by atoms with Crippen LogP contribution in [0.2, 0.25) is 10.0 Å². The Labute approximate surface area is 149 Å². The Morgan fingerprint density at radius 2 is 1.92 bits per heavy atom. The lowest BCUT2D eigenvalue weighted by molar-refractivity contribution is -0.141. The second kappa shape index (κ2) is 6.20. The fourth-order valence-electron chi connectivity index (χ4n) is 3.01. The molecule has 1 aliphatic rings. The summed E-state index contributed by atoms with van der Waals surface area (Å²) in [6.45, 7) is 1.54. The lowest BCUT2D eigenvalue weighted by Gasteiger charge is -2.22. The summed E-state index contributed by atoms with van der Waals surface area (Å²) in [6, 6.07) is 12.0. The summed E-state index contributed by atoms with van der Waals surface area (Å²) in [5.74, 6) is -0.828. The second-order valence-electron chi connectivity index (χ2n) is 5.88. The number of nitrogens with zero attached hydrogens (tertiary/aromatic N) is 1. The quantitative estimate of drug-likeness (QED) is 0.900. The van der Waals surface area contributed by atoms with E-state index in [2.05, 4.69) is 0 Å². The van der Waals surface area contributed by atoms with Gasteiger partial charge in [-0.15, -0.1) is 0 Å². The number of halogens is 2. The highest BCUT2D eigenvalue weighted by Crippen LogP contribution is 2.44. The van der Waals surface area contributed by atoms with Gasteiger partial charge >= 0.3 is 0 Å². The van der Waals surface area contributed by atoms with E-state index in [1.165, 1.54) is 17.9 Å². The van der Waals surface area contributed by atoms with Gasteiger partial charge < -0.3 is 10.0 Å². The van der Waals surface area contributed by atoms with Gasteiger partial charge in [0.2, 0.25) is 0 Å². The highest BCUT2D eigenvalue weighted by atomic mass is 35.5. The third-order valence-electron chi connectivity index (χ3n) is 4.08.